The Hall–Kier alpha value is -2.26. The summed E-state index contributed by atoms with van der Waals surface area (Å²) in [6.45, 7) is 22.7. The van der Waals surface area contributed by atoms with Gasteiger partial charge in [-0.2, -0.15) is 0 Å². The molecule has 210 valence electrons. The Morgan fingerprint density at radius 1 is 0.816 bits per heavy atom. The summed E-state index contributed by atoms with van der Waals surface area (Å²) in [6.07, 6.45) is 2.63. The summed E-state index contributed by atoms with van der Waals surface area (Å²) in [5, 5.41) is 10.2. The summed E-state index contributed by atoms with van der Waals surface area (Å²) >= 11 is 0. The molecule has 1 aliphatic carbocycles. The lowest BCUT2D eigenvalue weighted by atomic mass is 9.81. The zero-order valence-electron chi connectivity index (χ0n) is 25.2. The van der Waals surface area contributed by atoms with Gasteiger partial charge >= 0.3 is 6.09 Å². The minimum Gasteiger partial charge on any atom is -0.543 e. The third-order valence-electron chi connectivity index (χ3n) is 9.08. The number of para-hydroxylation sites is 1. The summed E-state index contributed by atoms with van der Waals surface area (Å²) < 4.78 is 13.6. The molecule has 3 rings (SSSR count). The second-order valence-electron chi connectivity index (χ2n) is 13.9. The summed E-state index contributed by atoms with van der Waals surface area (Å²) in [7, 11) is -4.07. The van der Waals surface area contributed by atoms with Crippen LogP contribution >= 0.6 is 0 Å². The van der Waals surface area contributed by atoms with Crippen molar-refractivity contribution >= 4 is 28.4 Å². The van der Waals surface area contributed by atoms with Crippen molar-refractivity contribution in [3.8, 4) is 11.5 Å². The first-order valence-electron chi connectivity index (χ1n) is 14.0. The van der Waals surface area contributed by atoms with Crippen LogP contribution in [0.15, 0.2) is 48.5 Å². The van der Waals surface area contributed by atoms with Gasteiger partial charge in [-0.1, -0.05) is 65.8 Å². The number of nitrogens with zero attached hydrogens (tertiary/aromatic N) is 1. The Balaban J connectivity index is 1.89. The van der Waals surface area contributed by atoms with Gasteiger partial charge in [-0.3, -0.25) is 4.90 Å². The van der Waals surface area contributed by atoms with Gasteiger partial charge < -0.3 is 14.0 Å². The van der Waals surface area contributed by atoms with Crippen LogP contribution in [0.25, 0.3) is 0 Å². The average Bonchev–Trinajstić information content (AvgIpc) is 2.78. The molecular formula is C31H49NO4Si2. The van der Waals surface area contributed by atoms with E-state index >= 15 is 0 Å². The molecule has 0 radical (unpaired) electrons. The van der Waals surface area contributed by atoms with Crippen molar-refractivity contribution in [1.29, 1.82) is 0 Å². The molecule has 0 heterocycles. The van der Waals surface area contributed by atoms with Gasteiger partial charge in [0.2, 0.25) is 16.6 Å². The Labute approximate surface area is 232 Å². The molecular weight excluding hydrogens is 507 g/mol. The van der Waals surface area contributed by atoms with Gasteiger partial charge in [-0.05, 0) is 91.6 Å². The number of rotatable bonds is 7. The Morgan fingerprint density at radius 2 is 1.34 bits per heavy atom. The normalized spacial score (nSPS) is 19.1. The first-order valence-corrected chi connectivity index (χ1v) is 19.8. The maximum Gasteiger partial charge on any atom is 0.412 e. The Bertz CT molecular complexity index is 1100. The van der Waals surface area contributed by atoms with Crippen molar-refractivity contribution in [2.24, 2.45) is 0 Å². The fourth-order valence-electron chi connectivity index (χ4n) is 4.59. The molecule has 5 nitrogen and oxygen atoms in total. The highest BCUT2D eigenvalue weighted by atomic mass is 28.4. The number of benzene rings is 2. The number of carbonyl (C=O) groups is 1. The average molecular weight is 556 g/mol. The van der Waals surface area contributed by atoms with E-state index in [4.69, 9.17) is 8.85 Å². The first kappa shape index (κ1) is 30.3. The monoisotopic (exact) mass is 555 g/mol. The summed E-state index contributed by atoms with van der Waals surface area (Å²) in [5.41, 5.74) is 1.98. The molecule has 1 amide bonds. The quantitative estimate of drug-likeness (QED) is 0.345. The third-order valence-corrected chi connectivity index (χ3v) is 17.8. The summed E-state index contributed by atoms with van der Waals surface area (Å²) in [5.74, 6) is 2.18. The van der Waals surface area contributed by atoms with Gasteiger partial charge in [-0.15, -0.1) is 0 Å². The second kappa shape index (κ2) is 11.1. The van der Waals surface area contributed by atoms with Gasteiger partial charge in [0.25, 0.3) is 0 Å². The minimum atomic E-state index is -2.08. The van der Waals surface area contributed by atoms with E-state index in [2.05, 4.69) is 85.9 Å². The van der Waals surface area contributed by atoms with Crippen LogP contribution in [-0.4, -0.2) is 33.9 Å². The zero-order chi connectivity index (χ0) is 28.5. The van der Waals surface area contributed by atoms with Crippen molar-refractivity contribution < 1.29 is 18.8 Å². The maximum atomic E-state index is 12.2. The van der Waals surface area contributed by atoms with Crippen LogP contribution in [0.1, 0.15) is 78.7 Å². The van der Waals surface area contributed by atoms with E-state index in [0.717, 1.165) is 42.9 Å². The largest absolute Gasteiger partial charge is 0.543 e. The highest BCUT2D eigenvalue weighted by molar-refractivity contribution is 6.75. The van der Waals surface area contributed by atoms with E-state index in [-0.39, 0.29) is 16.1 Å². The van der Waals surface area contributed by atoms with E-state index in [1.54, 1.807) is 4.90 Å². The van der Waals surface area contributed by atoms with E-state index < -0.39 is 22.7 Å². The van der Waals surface area contributed by atoms with Gasteiger partial charge in [0.1, 0.15) is 11.5 Å². The molecule has 0 aliphatic heterocycles. The van der Waals surface area contributed by atoms with Crippen LogP contribution in [0, 0.1) is 0 Å². The lowest BCUT2D eigenvalue weighted by molar-refractivity contribution is 0.195. The standard InChI is InChI=1S/C31H49NO4Si2/c1-30(2,3)37(7,8)35-26-20-21-27(28(22-26)36-38(9,10)31(4,5)6)23-16-18-25(19-17-23)32(29(33)34)24-14-12-11-13-15-24/h11-15,20-23,25H,16-19H2,1-10H3,(H,33,34)/t23-,25-. The minimum absolute atomic E-state index is 0.0166. The summed E-state index contributed by atoms with van der Waals surface area (Å²) in [4.78, 5) is 13.7. The number of hydrogen-bond acceptors (Lipinski definition) is 3. The molecule has 0 atom stereocenters. The smallest absolute Gasteiger partial charge is 0.412 e. The Kier molecular flexibility index (Phi) is 8.83. The zero-order valence-corrected chi connectivity index (χ0v) is 27.2. The van der Waals surface area contributed by atoms with Crippen LogP contribution in [0.3, 0.4) is 0 Å². The maximum absolute atomic E-state index is 12.2. The van der Waals surface area contributed by atoms with Crippen molar-refractivity contribution in [1.82, 2.24) is 0 Å². The molecule has 0 aromatic heterocycles. The highest BCUT2D eigenvalue weighted by Crippen LogP contribution is 2.45. The van der Waals surface area contributed by atoms with Crippen LogP contribution in [0.2, 0.25) is 36.3 Å². The third kappa shape index (κ3) is 6.84. The number of carboxylic acid groups (broad SMARTS) is 1. The molecule has 0 unspecified atom stereocenters. The molecule has 2 aromatic rings. The topological polar surface area (TPSA) is 59.0 Å². The van der Waals surface area contributed by atoms with Crippen LogP contribution < -0.4 is 13.8 Å². The van der Waals surface area contributed by atoms with E-state index in [0.29, 0.717) is 5.92 Å². The molecule has 0 saturated heterocycles. The highest BCUT2D eigenvalue weighted by Gasteiger charge is 2.41. The lowest BCUT2D eigenvalue weighted by Crippen LogP contribution is -2.45. The van der Waals surface area contributed by atoms with Gasteiger partial charge in [0.15, 0.2) is 0 Å². The molecule has 1 aliphatic rings. The molecule has 1 saturated carbocycles. The molecule has 2 aromatic carbocycles. The van der Waals surface area contributed by atoms with E-state index in [1.165, 1.54) is 5.56 Å². The number of anilines is 1. The SMILES string of the molecule is CC(C)(C)[Si](C)(C)Oc1ccc([C@H]2CC[C@H](N(C(=O)O)c3ccccc3)CC2)c(O[Si](C)(C)C(C)(C)C)c1. The number of amides is 1. The summed E-state index contributed by atoms with van der Waals surface area (Å²) in [6, 6.07) is 15.9. The fourth-order valence-corrected chi connectivity index (χ4v) is 6.65. The fraction of sp³-hybridized carbons (Fsp3) is 0.581. The van der Waals surface area contributed by atoms with Crippen molar-refractivity contribution in [3.05, 3.63) is 54.1 Å². The number of hydrogen-bond donors (Lipinski definition) is 1. The van der Waals surface area contributed by atoms with Gasteiger partial charge in [0, 0.05) is 17.8 Å². The predicted octanol–water partition coefficient (Wildman–Crippen LogP) is 9.67. The van der Waals surface area contributed by atoms with Crippen LogP contribution in [0.5, 0.6) is 11.5 Å². The molecule has 0 spiro atoms. The van der Waals surface area contributed by atoms with Gasteiger partial charge in [0.05, 0.1) is 0 Å². The van der Waals surface area contributed by atoms with Gasteiger partial charge in [-0.25, -0.2) is 4.79 Å². The van der Waals surface area contributed by atoms with Crippen molar-refractivity contribution in [2.45, 2.75) is 115 Å². The van der Waals surface area contributed by atoms with Crippen LogP contribution in [-0.2, 0) is 0 Å². The molecule has 0 bridgehead atoms. The van der Waals surface area contributed by atoms with E-state index in [1.807, 2.05) is 30.3 Å². The Morgan fingerprint density at radius 3 is 1.84 bits per heavy atom. The lowest BCUT2D eigenvalue weighted by Gasteiger charge is -2.40. The second-order valence-corrected chi connectivity index (χ2v) is 23.4. The molecule has 1 N–H and O–H groups in total. The van der Waals surface area contributed by atoms with Crippen molar-refractivity contribution in [2.75, 3.05) is 4.90 Å². The predicted molar refractivity (Wildman–Crippen MR) is 164 cm³/mol. The molecule has 7 heteroatoms. The van der Waals surface area contributed by atoms with E-state index in [9.17, 15) is 9.90 Å². The molecule has 1 fully saturated rings. The van der Waals surface area contributed by atoms with Crippen LogP contribution in [0.4, 0.5) is 10.5 Å². The van der Waals surface area contributed by atoms with Crippen molar-refractivity contribution in [3.63, 3.8) is 0 Å². The first-order chi connectivity index (χ1) is 17.4. The molecule has 38 heavy (non-hydrogen) atoms.